The number of H-pyrrole nitrogens is 1. The minimum Gasteiger partial charge on any atom is -0.367 e. The number of rotatable bonds is 4. The Bertz CT molecular complexity index is 1400. The van der Waals surface area contributed by atoms with Gasteiger partial charge in [-0.1, -0.05) is 12.1 Å². The summed E-state index contributed by atoms with van der Waals surface area (Å²) >= 11 is 1.39. The van der Waals surface area contributed by atoms with Gasteiger partial charge in [0.15, 0.2) is 0 Å². The smallest absolute Gasteiger partial charge is 0.256 e. The molecule has 2 aromatic carbocycles. The summed E-state index contributed by atoms with van der Waals surface area (Å²) in [6, 6.07) is 13.9. The molecule has 2 amide bonds. The second-order valence-corrected chi connectivity index (χ2v) is 10.1. The number of anilines is 2. The second kappa shape index (κ2) is 9.19. The van der Waals surface area contributed by atoms with Crippen molar-refractivity contribution in [2.75, 3.05) is 36.4 Å². The molecule has 2 aromatic heterocycles. The molecule has 1 aliphatic carbocycles. The summed E-state index contributed by atoms with van der Waals surface area (Å²) in [5, 5.41) is 13.8. The number of nitrogens with zero attached hydrogens (tertiary/aromatic N) is 3. The predicted octanol–water partition coefficient (Wildman–Crippen LogP) is 4.72. The largest absolute Gasteiger partial charge is 0.367 e. The molecule has 0 saturated carbocycles. The topological polar surface area (TPSA) is 81.3 Å². The Morgan fingerprint density at radius 1 is 0.971 bits per heavy atom. The fraction of sp³-hybridized carbons (Fsp3) is 0.296. The van der Waals surface area contributed by atoms with Gasteiger partial charge in [0, 0.05) is 42.8 Å². The van der Waals surface area contributed by atoms with Gasteiger partial charge >= 0.3 is 0 Å². The number of hydrogen-bond acceptors (Lipinski definition) is 5. The third kappa shape index (κ3) is 4.18. The van der Waals surface area contributed by atoms with Crippen molar-refractivity contribution in [3.63, 3.8) is 0 Å². The molecular formula is C27H27N5O2S. The van der Waals surface area contributed by atoms with Crippen LogP contribution < -0.4 is 10.2 Å². The summed E-state index contributed by atoms with van der Waals surface area (Å²) in [7, 11) is 0. The third-order valence-corrected chi connectivity index (χ3v) is 7.93. The van der Waals surface area contributed by atoms with Crippen LogP contribution in [0.25, 0.3) is 10.9 Å². The van der Waals surface area contributed by atoms with E-state index < -0.39 is 0 Å². The molecule has 7 nitrogen and oxygen atoms in total. The highest BCUT2D eigenvalue weighted by atomic mass is 32.1. The van der Waals surface area contributed by atoms with Crippen LogP contribution >= 0.6 is 11.3 Å². The van der Waals surface area contributed by atoms with E-state index in [0.717, 1.165) is 42.5 Å². The number of fused-ring (bicyclic) bond motifs is 2. The van der Waals surface area contributed by atoms with Crippen molar-refractivity contribution in [1.29, 1.82) is 0 Å². The van der Waals surface area contributed by atoms with Crippen molar-refractivity contribution in [3.8, 4) is 0 Å². The van der Waals surface area contributed by atoms with E-state index in [2.05, 4.69) is 32.5 Å². The van der Waals surface area contributed by atoms with E-state index in [-0.39, 0.29) is 11.8 Å². The minimum absolute atomic E-state index is 0.0341. The van der Waals surface area contributed by atoms with Gasteiger partial charge in [-0.3, -0.25) is 14.7 Å². The molecular weight excluding hydrogens is 458 g/mol. The van der Waals surface area contributed by atoms with Gasteiger partial charge in [0.05, 0.1) is 17.3 Å². The van der Waals surface area contributed by atoms with E-state index >= 15 is 0 Å². The Hall–Kier alpha value is -3.65. The van der Waals surface area contributed by atoms with E-state index in [4.69, 9.17) is 0 Å². The van der Waals surface area contributed by atoms with Crippen molar-refractivity contribution >= 4 is 44.7 Å². The minimum atomic E-state index is -0.159. The molecule has 6 rings (SSSR count). The van der Waals surface area contributed by atoms with E-state index in [1.165, 1.54) is 35.3 Å². The van der Waals surface area contributed by atoms with E-state index in [1.54, 1.807) is 0 Å². The van der Waals surface area contributed by atoms with E-state index in [1.807, 2.05) is 46.8 Å². The molecule has 178 valence electrons. The zero-order valence-electron chi connectivity index (χ0n) is 19.4. The summed E-state index contributed by atoms with van der Waals surface area (Å²) in [5.74, 6) is -0.193. The first kappa shape index (κ1) is 21.9. The lowest BCUT2D eigenvalue weighted by molar-refractivity contribution is 0.0748. The van der Waals surface area contributed by atoms with Gasteiger partial charge in [-0.25, -0.2) is 0 Å². The molecule has 1 fully saturated rings. The van der Waals surface area contributed by atoms with Crippen molar-refractivity contribution in [2.45, 2.75) is 25.7 Å². The van der Waals surface area contributed by atoms with Gasteiger partial charge < -0.3 is 15.1 Å². The van der Waals surface area contributed by atoms with Crippen molar-refractivity contribution in [1.82, 2.24) is 15.1 Å². The number of hydrogen-bond donors (Lipinski definition) is 2. The number of aromatic nitrogens is 2. The fourth-order valence-corrected chi connectivity index (χ4v) is 5.95. The highest BCUT2D eigenvalue weighted by Gasteiger charge is 2.26. The molecule has 0 radical (unpaired) electrons. The van der Waals surface area contributed by atoms with Crippen LogP contribution in [-0.4, -0.2) is 53.1 Å². The third-order valence-electron chi connectivity index (χ3n) is 7.10. The van der Waals surface area contributed by atoms with Gasteiger partial charge in [0.1, 0.15) is 5.00 Å². The van der Waals surface area contributed by atoms with Gasteiger partial charge in [-0.15, -0.1) is 11.3 Å². The van der Waals surface area contributed by atoms with Crippen molar-refractivity contribution in [2.24, 2.45) is 0 Å². The molecule has 0 unspecified atom stereocenters. The van der Waals surface area contributed by atoms with Crippen LogP contribution in [0.2, 0.25) is 0 Å². The molecule has 2 aliphatic rings. The standard InChI is InChI=1S/C27H27N5O2S/c33-25(20-9-8-18-4-1-2-5-19(18)16-20)29-26-21(10-15-35-26)27(34)32-13-11-31(12-14-32)24-7-3-6-23-22(24)17-28-30-23/h3,6-10,15-17H,1-2,4-5,11-14H2,(H,28,30)(H,29,33). The average molecular weight is 486 g/mol. The number of piperazine rings is 1. The van der Waals surface area contributed by atoms with Crippen LogP contribution in [0.15, 0.2) is 54.0 Å². The van der Waals surface area contributed by atoms with Crippen LogP contribution in [0.1, 0.15) is 44.7 Å². The van der Waals surface area contributed by atoms with Crippen LogP contribution in [0.5, 0.6) is 0 Å². The summed E-state index contributed by atoms with van der Waals surface area (Å²) in [4.78, 5) is 30.5. The lowest BCUT2D eigenvalue weighted by Crippen LogP contribution is -2.48. The number of amides is 2. The van der Waals surface area contributed by atoms with Gasteiger partial charge in [0.2, 0.25) is 0 Å². The maximum Gasteiger partial charge on any atom is 0.256 e. The first-order chi connectivity index (χ1) is 17.2. The van der Waals surface area contributed by atoms with Crippen LogP contribution in [0, 0.1) is 0 Å². The molecule has 3 heterocycles. The predicted molar refractivity (Wildman–Crippen MR) is 140 cm³/mol. The summed E-state index contributed by atoms with van der Waals surface area (Å²) in [6.45, 7) is 2.75. The zero-order chi connectivity index (χ0) is 23.8. The SMILES string of the molecule is O=C(Nc1sccc1C(=O)N1CCN(c2cccc3[nH]ncc23)CC1)c1ccc2c(c1)CCCC2. The average Bonchev–Trinajstić information content (AvgIpc) is 3.57. The Morgan fingerprint density at radius 3 is 2.66 bits per heavy atom. The number of carbonyl (C=O) groups excluding carboxylic acids is 2. The van der Waals surface area contributed by atoms with Crippen LogP contribution in [0.3, 0.4) is 0 Å². The van der Waals surface area contributed by atoms with Gasteiger partial charge in [0.25, 0.3) is 11.8 Å². The Labute approximate surface area is 207 Å². The van der Waals surface area contributed by atoms with Crippen LogP contribution in [0.4, 0.5) is 10.7 Å². The highest BCUT2D eigenvalue weighted by molar-refractivity contribution is 7.14. The van der Waals surface area contributed by atoms with Gasteiger partial charge in [-0.05, 0) is 72.5 Å². The Morgan fingerprint density at radius 2 is 1.80 bits per heavy atom. The molecule has 1 saturated heterocycles. The van der Waals surface area contributed by atoms with E-state index in [0.29, 0.717) is 29.2 Å². The molecule has 2 N–H and O–H groups in total. The van der Waals surface area contributed by atoms with Crippen LogP contribution in [-0.2, 0) is 12.8 Å². The van der Waals surface area contributed by atoms with E-state index in [9.17, 15) is 9.59 Å². The van der Waals surface area contributed by atoms with Crippen molar-refractivity contribution in [3.05, 3.63) is 76.3 Å². The number of carbonyl (C=O) groups is 2. The Balaban J connectivity index is 1.13. The quantitative estimate of drug-likeness (QED) is 0.438. The first-order valence-corrected chi connectivity index (χ1v) is 13.0. The molecule has 8 heteroatoms. The molecule has 4 aromatic rings. The Kier molecular flexibility index (Phi) is 5.74. The number of aryl methyl sites for hydroxylation is 2. The molecule has 0 bridgehead atoms. The first-order valence-electron chi connectivity index (χ1n) is 12.1. The van der Waals surface area contributed by atoms with Crippen molar-refractivity contribution < 1.29 is 9.59 Å². The zero-order valence-corrected chi connectivity index (χ0v) is 20.2. The number of benzene rings is 2. The summed E-state index contributed by atoms with van der Waals surface area (Å²) in [6.07, 6.45) is 6.36. The highest BCUT2D eigenvalue weighted by Crippen LogP contribution is 2.29. The molecule has 0 atom stereocenters. The molecule has 35 heavy (non-hydrogen) atoms. The second-order valence-electron chi connectivity index (χ2n) is 9.20. The molecule has 0 spiro atoms. The normalized spacial score (nSPS) is 15.8. The lowest BCUT2D eigenvalue weighted by Gasteiger charge is -2.36. The number of nitrogens with one attached hydrogen (secondary N) is 2. The summed E-state index contributed by atoms with van der Waals surface area (Å²) < 4.78 is 0. The number of aromatic amines is 1. The van der Waals surface area contributed by atoms with Gasteiger partial charge in [-0.2, -0.15) is 5.10 Å². The lowest BCUT2D eigenvalue weighted by atomic mass is 9.90. The maximum absolute atomic E-state index is 13.4. The number of thiophene rings is 1. The monoisotopic (exact) mass is 485 g/mol. The maximum atomic E-state index is 13.4. The summed E-state index contributed by atoms with van der Waals surface area (Å²) in [5.41, 5.74) is 5.99. The fourth-order valence-electron chi connectivity index (χ4n) is 5.17. The molecule has 1 aliphatic heterocycles.